The van der Waals surface area contributed by atoms with Gasteiger partial charge in [-0.25, -0.2) is 4.79 Å². The van der Waals surface area contributed by atoms with Crippen LogP contribution < -0.4 is 0 Å². The quantitative estimate of drug-likeness (QED) is 0.294. The fourth-order valence-corrected chi connectivity index (χ4v) is 0.643. The van der Waals surface area contributed by atoms with Gasteiger partial charge in [0.05, 0.1) is 12.2 Å². The third-order valence-corrected chi connectivity index (χ3v) is 1.45. The Bertz CT molecular complexity index is 230. The van der Waals surface area contributed by atoms with Crippen LogP contribution in [0.1, 0.15) is 33.6 Å². The van der Waals surface area contributed by atoms with Gasteiger partial charge in [-0.3, -0.25) is 4.79 Å². The standard InChI is InChI=1S/C10H16O4/c1-4-5-6-13-10(12)8(2)7-14-9(3)11/h7H,4-6H2,1-3H3. The van der Waals surface area contributed by atoms with Crippen LogP contribution in [0.4, 0.5) is 0 Å². The maximum Gasteiger partial charge on any atom is 0.336 e. The number of ether oxygens (including phenoxy) is 2. The van der Waals surface area contributed by atoms with E-state index in [0.717, 1.165) is 19.1 Å². The minimum Gasteiger partial charge on any atom is -0.462 e. The van der Waals surface area contributed by atoms with Gasteiger partial charge in [0, 0.05) is 6.92 Å². The number of esters is 2. The smallest absolute Gasteiger partial charge is 0.336 e. The summed E-state index contributed by atoms with van der Waals surface area (Å²) in [5.41, 5.74) is 0.288. The first-order chi connectivity index (χ1) is 6.57. The highest BCUT2D eigenvalue weighted by molar-refractivity contribution is 5.87. The van der Waals surface area contributed by atoms with E-state index in [0.29, 0.717) is 6.61 Å². The van der Waals surface area contributed by atoms with Gasteiger partial charge in [0.15, 0.2) is 0 Å². The molecule has 0 heterocycles. The number of hydrogen-bond donors (Lipinski definition) is 0. The van der Waals surface area contributed by atoms with Gasteiger partial charge in [-0.15, -0.1) is 0 Å². The summed E-state index contributed by atoms with van der Waals surface area (Å²) in [6.45, 7) is 5.22. The first-order valence-electron chi connectivity index (χ1n) is 4.59. The van der Waals surface area contributed by atoms with E-state index in [-0.39, 0.29) is 5.57 Å². The molecular weight excluding hydrogens is 184 g/mol. The van der Waals surface area contributed by atoms with Crippen molar-refractivity contribution in [2.45, 2.75) is 33.6 Å². The van der Waals surface area contributed by atoms with Crippen LogP contribution in [0.2, 0.25) is 0 Å². The van der Waals surface area contributed by atoms with Crippen molar-refractivity contribution in [1.82, 2.24) is 0 Å². The lowest BCUT2D eigenvalue weighted by Crippen LogP contribution is -2.07. The zero-order chi connectivity index (χ0) is 11.0. The lowest BCUT2D eigenvalue weighted by Gasteiger charge is -2.03. The maximum atomic E-state index is 11.1. The van der Waals surface area contributed by atoms with Crippen molar-refractivity contribution in [3.63, 3.8) is 0 Å². The van der Waals surface area contributed by atoms with E-state index in [1.807, 2.05) is 6.92 Å². The van der Waals surface area contributed by atoms with Crippen molar-refractivity contribution in [3.8, 4) is 0 Å². The molecule has 0 aromatic carbocycles. The first-order valence-corrected chi connectivity index (χ1v) is 4.59. The number of rotatable bonds is 5. The number of carbonyl (C=O) groups is 2. The summed E-state index contributed by atoms with van der Waals surface area (Å²) >= 11 is 0. The van der Waals surface area contributed by atoms with E-state index < -0.39 is 11.9 Å². The Morgan fingerprint density at radius 2 is 1.93 bits per heavy atom. The first kappa shape index (κ1) is 12.7. The van der Waals surface area contributed by atoms with Gasteiger partial charge in [0.25, 0.3) is 0 Å². The van der Waals surface area contributed by atoms with Crippen LogP contribution in [0.5, 0.6) is 0 Å². The van der Waals surface area contributed by atoms with Crippen LogP contribution >= 0.6 is 0 Å². The normalized spacial score (nSPS) is 10.9. The summed E-state index contributed by atoms with van der Waals surface area (Å²) < 4.78 is 9.41. The molecule has 4 nitrogen and oxygen atoms in total. The second kappa shape index (κ2) is 7.12. The molecule has 0 fully saturated rings. The molecule has 0 saturated carbocycles. The lowest BCUT2D eigenvalue weighted by molar-refractivity contribution is -0.139. The van der Waals surface area contributed by atoms with Crippen molar-refractivity contribution in [2.75, 3.05) is 6.61 Å². The number of unbranched alkanes of at least 4 members (excludes halogenated alkanes) is 1. The highest BCUT2D eigenvalue weighted by Gasteiger charge is 2.05. The van der Waals surface area contributed by atoms with Crippen LogP contribution in [0.25, 0.3) is 0 Å². The second-order valence-electron chi connectivity index (χ2n) is 2.90. The molecule has 0 unspecified atom stereocenters. The van der Waals surface area contributed by atoms with Gasteiger partial charge < -0.3 is 9.47 Å². The van der Waals surface area contributed by atoms with Gasteiger partial charge in [-0.2, -0.15) is 0 Å². The molecule has 0 saturated heterocycles. The van der Waals surface area contributed by atoms with Crippen molar-refractivity contribution >= 4 is 11.9 Å². The topological polar surface area (TPSA) is 52.6 Å². The molecule has 0 spiro atoms. The molecule has 14 heavy (non-hydrogen) atoms. The molecule has 0 aliphatic rings. The zero-order valence-corrected chi connectivity index (χ0v) is 8.83. The molecule has 0 aliphatic heterocycles. The van der Waals surface area contributed by atoms with Gasteiger partial charge >= 0.3 is 11.9 Å². The molecule has 0 N–H and O–H groups in total. The Morgan fingerprint density at radius 3 is 2.43 bits per heavy atom. The largest absolute Gasteiger partial charge is 0.462 e. The molecule has 0 bridgehead atoms. The number of carbonyl (C=O) groups excluding carboxylic acids is 2. The van der Waals surface area contributed by atoms with Crippen LogP contribution in [0, 0.1) is 0 Å². The summed E-state index contributed by atoms with van der Waals surface area (Å²) in [5.74, 6) is -0.898. The Labute approximate surface area is 83.9 Å². The van der Waals surface area contributed by atoms with Crippen LogP contribution in [-0.4, -0.2) is 18.5 Å². The Hall–Kier alpha value is -1.32. The summed E-state index contributed by atoms with van der Waals surface area (Å²) in [6, 6.07) is 0. The monoisotopic (exact) mass is 200 g/mol. The van der Waals surface area contributed by atoms with Crippen molar-refractivity contribution < 1.29 is 19.1 Å². The maximum absolute atomic E-state index is 11.1. The zero-order valence-electron chi connectivity index (χ0n) is 8.83. The SMILES string of the molecule is CCCCOC(=O)C(C)=COC(C)=O. The van der Waals surface area contributed by atoms with E-state index >= 15 is 0 Å². The Morgan fingerprint density at radius 1 is 1.29 bits per heavy atom. The summed E-state index contributed by atoms with van der Waals surface area (Å²) in [6.07, 6.45) is 2.92. The highest BCUT2D eigenvalue weighted by Crippen LogP contribution is 1.99. The fourth-order valence-electron chi connectivity index (χ4n) is 0.643. The molecule has 0 radical (unpaired) electrons. The minimum absolute atomic E-state index is 0.288. The molecular formula is C10H16O4. The van der Waals surface area contributed by atoms with E-state index in [1.54, 1.807) is 0 Å². The van der Waals surface area contributed by atoms with Crippen LogP contribution in [0.15, 0.2) is 11.8 Å². The summed E-state index contributed by atoms with van der Waals surface area (Å²) in [7, 11) is 0. The molecule has 0 rings (SSSR count). The predicted molar refractivity (Wildman–Crippen MR) is 51.4 cm³/mol. The molecule has 0 aliphatic carbocycles. The lowest BCUT2D eigenvalue weighted by atomic mass is 10.3. The molecule has 4 heteroatoms. The van der Waals surface area contributed by atoms with Gasteiger partial charge in [0.2, 0.25) is 0 Å². The average Bonchev–Trinajstić information content (AvgIpc) is 2.14. The summed E-state index contributed by atoms with van der Waals surface area (Å²) in [4.78, 5) is 21.6. The number of hydrogen-bond acceptors (Lipinski definition) is 4. The third-order valence-electron chi connectivity index (χ3n) is 1.45. The van der Waals surface area contributed by atoms with Gasteiger partial charge in [0.1, 0.15) is 6.26 Å². The average molecular weight is 200 g/mol. The van der Waals surface area contributed by atoms with Crippen molar-refractivity contribution in [2.24, 2.45) is 0 Å². The van der Waals surface area contributed by atoms with Crippen LogP contribution in [-0.2, 0) is 19.1 Å². The molecule has 80 valence electrons. The highest BCUT2D eigenvalue weighted by atomic mass is 16.5. The van der Waals surface area contributed by atoms with E-state index in [4.69, 9.17) is 4.74 Å². The van der Waals surface area contributed by atoms with E-state index in [1.165, 1.54) is 13.8 Å². The van der Waals surface area contributed by atoms with Crippen molar-refractivity contribution in [1.29, 1.82) is 0 Å². The third kappa shape index (κ3) is 6.22. The second-order valence-corrected chi connectivity index (χ2v) is 2.90. The van der Waals surface area contributed by atoms with Gasteiger partial charge in [-0.05, 0) is 13.3 Å². The van der Waals surface area contributed by atoms with Gasteiger partial charge in [-0.1, -0.05) is 13.3 Å². The Kier molecular flexibility index (Phi) is 6.45. The van der Waals surface area contributed by atoms with Crippen LogP contribution in [0.3, 0.4) is 0 Å². The Balaban J connectivity index is 3.86. The molecule has 0 aromatic heterocycles. The van der Waals surface area contributed by atoms with E-state index in [2.05, 4.69) is 4.74 Å². The molecule has 0 aromatic rings. The minimum atomic E-state index is -0.453. The van der Waals surface area contributed by atoms with E-state index in [9.17, 15) is 9.59 Å². The predicted octanol–water partition coefficient (Wildman–Crippen LogP) is 1.80. The van der Waals surface area contributed by atoms with Crippen molar-refractivity contribution in [3.05, 3.63) is 11.8 Å². The molecule has 0 amide bonds. The summed E-state index contributed by atoms with van der Waals surface area (Å²) in [5, 5.41) is 0. The fraction of sp³-hybridized carbons (Fsp3) is 0.600. The molecule has 0 atom stereocenters.